The molecule has 65 heavy (non-hydrogen) atoms. The number of fused-ring (bicyclic) bond motifs is 1. The van der Waals surface area contributed by atoms with Crippen molar-refractivity contribution in [3.05, 3.63) is 82.8 Å². The summed E-state index contributed by atoms with van der Waals surface area (Å²) in [5.41, 5.74) is 7.71. The number of methoxy groups -OCH3 is 2. The molecule has 0 bridgehead atoms. The smallest absolute Gasteiger partial charge is 0.411 e. The fraction of sp³-hybridized carbons (Fsp3) is 0.489. The predicted octanol–water partition coefficient (Wildman–Crippen LogP) is 8.64. The summed E-state index contributed by atoms with van der Waals surface area (Å²) in [6, 6.07) is 8.76. The van der Waals surface area contributed by atoms with E-state index in [-0.39, 0.29) is 22.8 Å². The third-order valence-electron chi connectivity index (χ3n) is 13.4. The minimum Gasteiger partial charge on any atom is -0.453 e. The highest BCUT2D eigenvalue weighted by atomic mass is 19.3. The monoisotopic (exact) mass is 902 g/mol. The standard InChI is InChI=1S/C47H54F4N8O6/c1-25(2)37(56-43(62)64-5)41(60)58-23-46(48,49)19-35(58)39-52-21-33(54-39)28-11-9-27(10-12-28)29-13-14-30(32-18-45(17-31(29)32)15-7-8-16-45)34-22-53-40(55-34)36-20-47(50,51)24-59(36)42(61)38(26(3)4)57-44(63)65-6/h9-14,21-22,25,35-37H,7-8,15-20,23-24H2,1-6H3,(H,52,54)(H,53,55)(H,56,62)(H,57,63)/t35-,36-,37-/m0/s1. The maximum absolute atomic E-state index is 15.1. The average Bonchev–Trinajstić information content (AvgIpc) is 4.14. The first-order chi connectivity index (χ1) is 30.8. The number of alkyl carbamates (subject to hydrolysis) is 2. The summed E-state index contributed by atoms with van der Waals surface area (Å²) in [5.74, 6) is -7.72. The molecular weight excluding hydrogens is 849 g/mol. The molecule has 2 aromatic carbocycles. The Hall–Kier alpha value is -6.20. The van der Waals surface area contributed by atoms with Crippen molar-refractivity contribution in [2.24, 2.45) is 11.3 Å². The summed E-state index contributed by atoms with van der Waals surface area (Å²) < 4.78 is 69.4. The quantitative estimate of drug-likeness (QED) is 0.0904. The second kappa shape index (κ2) is 17.3. The first-order valence-corrected chi connectivity index (χ1v) is 21.9. The molecule has 4 N–H and O–H groups in total. The van der Waals surface area contributed by atoms with Crippen molar-refractivity contribution in [3.63, 3.8) is 0 Å². The summed E-state index contributed by atoms with van der Waals surface area (Å²) in [5, 5.41) is 4.87. The van der Waals surface area contributed by atoms with E-state index in [1.807, 2.05) is 30.3 Å². The Morgan fingerprint density at radius 2 is 1.26 bits per heavy atom. The Morgan fingerprint density at radius 3 is 1.85 bits per heavy atom. The van der Waals surface area contributed by atoms with Crippen molar-refractivity contribution >= 4 is 24.0 Å². The number of allylic oxidation sites excluding steroid dienone is 1. The Bertz CT molecular complexity index is 2520. The summed E-state index contributed by atoms with van der Waals surface area (Å²) in [4.78, 5) is 69.0. The molecule has 18 heteroatoms. The van der Waals surface area contributed by atoms with Gasteiger partial charge in [0, 0.05) is 18.4 Å². The van der Waals surface area contributed by atoms with Gasteiger partial charge in [0.05, 0.1) is 63.2 Å². The number of aromatic amines is 2. The van der Waals surface area contributed by atoms with Gasteiger partial charge in [-0.05, 0) is 84.3 Å². The SMILES string of the molecule is COC(=O)NC(C(=O)N1CC(F)(F)C[C@H]1c1ncc(-c2ccc(-c3ccc(-c4cnc([C@@H]5CC(F)(F)CN5C(=O)[C@@H](NC(=O)OC)C(C)C)[nH]4)cc3)c3c2CC2(CCCC2)C3)[nH]1)=C(C)C. The Labute approximate surface area is 373 Å². The topological polar surface area (TPSA) is 175 Å². The number of hydrogen-bond donors (Lipinski definition) is 4. The van der Waals surface area contributed by atoms with Crippen LogP contribution in [-0.4, -0.2) is 98.9 Å². The molecule has 4 aromatic rings. The number of H-pyrrole nitrogens is 2. The van der Waals surface area contributed by atoms with Crippen LogP contribution in [0.25, 0.3) is 33.6 Å². The van der Waals surface area contributed by atoms with E-state index in [0.29, 0.717) is 17.0 Å². The fourth-order valence-electron chi connectivity index (χ4n) is 10.2. The molecule has 1 saturated carbocycles. The number of carbonyl (C=O) groups is 4. The van der Waals surface area contributed by atoms with Crippen molar-refractivity contribution in [3.8, 4) is 33.6 Å². The fourth-order valence-corrected chi connectivity index (χ4v) is 10.2. The van der Waals surface area contributed by atoms with Crippen LogP contribution in [0.3, 0.4) is 0 Å². The maximum atomic E-state index is 15.1. The van der Waals surface area contributed by atoms with Crippen LogP contribution < -0.4 is 10.6 Å². The van der Waals surface area contributed by atoms with Crippen molar-refractivity contribution < 1.29 is 46.2 Å². The maximum Gasteiger partial charge on any atom is 0.411 e. The van der Waals surface area contributed by atoms with Gasteiger partial charge in [0.1, 0.15) is 23.4 Å². The number of aromatic nitrogens is 4. The molecule has 4 amide bonds. The van der Waals surface area contributed by atoms with Gasteiger partial charge in [0.25, 0.3) is 17.8 Å². The van der Waals surface area contributed by atoms with Gasteiger partial charge < -0.3 is 34.6 Å². The molecule has 0 unspecified atom stereocenters. The third-order valence-corrected chi connectivity index (χ3v) is 13.4. The van der Waals surface area contributed by atoms with Crippen molar-refractivity contribution in [2.75, 3.05) is 27.3 Å². The Balaban J connectivity index is 1.06. The highest BCUT2D eigenvalue weighted by molar-refractivity contribution is 5.97. The summed E-state index contributed by atoms with van der Waals surface area (Å²) in [7, 11) is 2.32. The second-order valence-electron chi connectivity index (χ2n) is 18.5. The number of hydrogen-bond acceptors (Lipinski definition) is 8. The molecule has 14 nitrogen and oxygen atoms in total. The average molecular weight is 903 g/mol. The molecule has 3 atom stereocenters. The lowest BCUT2D eigenvalue weighted by molar-refractivity contribution is -0.136. The van der Waals surface area contributed by atoms with Gasteiger partial charge in [-0.15, -0.1) is 0 Å². The molecular formula is C47H54F4N8O6. The van der Waals surface area contributed by atoms with E-state index in [2.05, 4.69) is 46.1 Å². The molecule has 2 aliphatic heterocycles. The number of amides is 4. The minimum absolute atomic E-state index is 0.100. The van der Waals surface area contributed by atoms with Gasteiger partial charge in [0.2, 0.25) is 5.91 Å². The number of nitrogens with zero attached hydrogens (tertiary/aromatic N) is 4. The lowest BCUT2D eigenvalue weighted by Gasteiger charge is -2.29. The molecule has 2 aromatic heterocycles. The number of alkyl halides is 4. The molecule has 0 radical (unpaired) electrons. The zero-order chi connectivity index (χ0) is 46.6. The van der Waals surface area contributed by atoms with Gasteiger partial charge in [0.15, 0.2) is 0 Å². The number of nitrogens with one attached hydrogen (secondary N) is 4. The van der Waals surface area contributed by atoms with Gasteiger partial charge in [-0.2, -0.15) is 0 Å². The van der Waals surface area contributed by atoms with E-state index in [1.165, 1.54) is 5.56 Å². The molecule has 4 aliphatic rings. The van der Waals surface area contributed by atoms with Crippen LogP contribution in [0.4, 0.5) is 27.2 Å². The van der Waals surface area contributed by atoms with Gasteiger partial charge in [-0.3, -0.25) is 14.9 Å². The lowest BCUT2D eigenvalue weighted by Crippen LogP contribution is -2.51. The highest BCUT2D eigenvalue weighted by Gasteiger charge is 2.51. The lowest BCUT2D eigenvalue weighted by atomic mass is 9.82. The van der Waals surface area contributed by atoms with Gasteiger partial charge >= 0.3 is 12.2 Å². The summed E-state index contributed by atoms with van der Waals surface area (Å²) >= 11 is 0. The molecule has 3 fully saturated rings. The van der Waals surface area contributed by atoms with Gasteiger partial charge in [-0.1, -0.05) is 63.1 Å². The van der Waals surface area contributed by atoms with Crippen LogP contribution in [0, 0.1) is 11.3 Å². The number of rotatable bonds is 10. The predicted molar refractivity (Wildman–Crippen MR) is 231 cm³/mol. The van der Waals surface area contributed by atoms with Crippen molar-refractivity contribution in [1.82, 2.24) is 40.4 Å². The molecule has 346 valence electrons. The van der Waals surface area contributed by atoms with E-state index in [4.69, 9.17) is 0 Å². The number of imidazole rings is 2. The van der Waals surface area contributed by atoms with Crippen LogP contribution in [0.5, 0.6) is 0 Å². The highest BCUT2D eigenvalue weighted by Crippen LogP contribution is 2.53. The zero-order valence-corrected chi connectivity index (χ0v) is 37.2. The largest absolute Gasteiger partial charge is 0.453 e. The third kappa shape index (κ3) is 8.95. The molecule has 2 saturated heterocycles. The summed E-state index contributed by atoms with van der Waals surface area (Å²) in [6.07, 6.45) is 6.39. The number of carbonyl (C=O) groups excluding carboxylic acids is 4. The van der Waals surface area contributed by atoms with E-state index in [9.17, 15) is 28.0 Å². The minimum atomic E-state index is -3.18. The Morgan fingerprint density at radius 1 is 0.738 bits per heavy atom. The van der Waals surface area contributed by atoms with E-state index in [0.717, 1.165) is 90.4 Å². The van der Waals surface area contributed by atoms with Crippen LogP contribution in [0.2, 0.25) is 0 Å². The van der Waals surface area contributed by atoms with E-state index >= 15 is 8.78 Å². The van der Waals surface area contributed by atoms with Crippen LogP contribution in [-0.2, 0) is 31.9 Å². The van der Waals surface area contributed by atoms with Crippen LogP contribution >= 0.6 is 0 Å². The summed E-state index contributed by atoms with van der Waals surface area (Å²) in [6.45, 7) is 4.97. The Kier molecular flexibility index (Phi) is 12.1. The number of benzene rings is 2. The normalized spacial score (nSPS) is 20.8. The van der Waals surface area contributed by atoms with E-state index in [1.54, 1.807) is 40.1 Å². The molecule has 2 aliphatic carbocycles. The number of ether oxygens (including phenoxy) is 2. The van der Waals surface area contributed by atoms with E-state index < -0.39 is 85.8 Å². The first kappa shape index (κ1) is 45.4. The number of likely N-dealkylation sites (tertiary alicyclic amines) is 2. The molecule has 1 spiro atoms. The van der Waals surface area contributed by atoms with Gasteiger partial charge in [-0.25, -0.2) is 37.1 Å². The van der Waals surface area contributed by atoms with Crippen molar-refractivity contribution in [1.29, 1.82) is 0 Å². The first-order valence-electron chi connectivity index (χ1n) is 21.9. The van der Waals surface area contributed by atoms with Crippen molar-refractivity contribution in [2.45, 2.75) is 109 Å². The zero-order valence-electron chi connectivity index (χ0n) is 37.2. The number of halogens is 4. The van der Waals surface area contributed by atoms with Crippen LogP contribution in [0.15, 0.2) is 60.1 Å². The molecule has 4 heterocycles. The van der Waals surface area contributed by atoms with Crippen LogP contribution in [0.1, 0.15) is 101 Å². The second-order valence-corrected chi connectivity index (χ2v) is 18.5. The molecule has 8 rings (SSSR count).